The molecule has 0 aliphatic carbocycles. The van der Waals surface area contributed by atoms with E-state index in [0.29, 0.717) is 6.54 Å². The van der Waals surface area contributed by atoms with Gasteiger partial charge in [-0.05, 0) is 24.1 Å². The average molecular weight is 236 g/mol. The summed E-state index contributed by atoms with van der Waals surface area (Å²) >= 11 is 3.34. The van der Waals surface area contributed by atoms with E-state index in [4.69, 9.17) is 5.73 Å². The quantitative estimate of drug-likeness (QED) is 0.890. The third-order valence-corrected chi connectivity index (χ3v) is 4.03. The summed E-state index contributed by atoms with van der Waals surface area (Å²) in [5.41, 5.74) is 8.14. The molecule has 0 bridgehead atoms. The Kier molecular flexibility index (Phi) is 3.41. The second-order valence-corrected chi connectivity index (χ2v) is 5.40. The predicted octanol–water partition coefficient (Wildman–Crippen LogP) is 3.06. The fourth-order valence-electron chi connectivity index (χ4n) is 1.28. The van der Waals surface area contributed by atoms with Gasteiger partial charge in [0.1, 0.15) is 0 Å². The molecule has 0 saturated heterocycles. The van der Waals surface area contributed by atoms with Crippen LogP contribution in [0, 0.1) is 6.92 Å². The fourth-order valence-corrected chi connectivity index (χ4v) is 3.10. The molecule has 0 fully saturated rings. The van der Waals surface area contributed by atoms with E-state index in [1.165, 1.54) is 16.0 Å². The molecule has 1 heterocycles. The minimum atomic E-state index is 0.577. The molecule has 0 aliphatic heterocycles. The molecule has 2 nitrogen and oxygen atoms in total. The molecule has 0 spiro atoms. The van der Waals surface area contributed by atoms with Crippen LogP contribution >= 0.6 is 23.1 Å². The van der Waals surface area contributed by atoms with E-state index in [1.807, 2.05) is 11.6 Å². The molecular weight excluding hydrogens is 224 g/mol. The summed E-state index contributed by atoms with van der Waals surface area (Å²) in [6.07, 6.45) is 1.82. The van der Waals surface area contributed by atoms with Gasteiger partial charge in [0.05, 0.1) is 0 Å². The van der Waals surface area contributed by atoms with Crippen LogP contribution in [-0.4, -0.2) is 4.98 Å². The molecule has 15 heavy (non-hydrogen) atoms. The van der Waals surface area contributed by atoms with Crippen LogP contribution in [0.25, 0.3) is 0 Å². The first-order valence-electron chi connectivity index (χ1n) is 4.66. The van der Waals surface area contributed by atoms with Crippen molar-refractivity contribution in [1.29, 1.82) is 0 Å². The maximum atomic E-state index is 5.70. The van der Waals surface area contributed by atoms with E-state index in [2.05, 4.69) is 30.1 Å². The van der Waals surface area contributed by atoms with Crippen molar-refractivity contribution in [2.75, 3.05) is 0 Å². The van der Waals surface area contributed by atoms with Gasteiger partial charge in [-0.3, -0.25) is 0 Å². The monoisotopic (exact) mass is 236 g/mol. The summed E-state index contributed by atoms with van der Waals surface area (Å²) in [6.45, 7) is 2.67. The molecule has 2 rings (SSSR count). The molecular formula is C11H12N2S2. The van der Waals surface area contributed by atoms with Gasteiger partial charge >= 0.3 is 0 Å². The van der Waals surface area contributed by atoms with Crippen LogP contribution < -0.4 is 5.73 Å². The zero-order chi connectivity index (χ0) is 10.7. The molecule has 4 heteroatoms. The summed E-state index contributed by atoms with van der Waals surface area (Å²) < 4.78 is 1.07. The van der Waals surface area contributed by atoms with Crippen LogP contribution in [0.15, 0.2) is 39.0 Å². The first-order valence-corrected chi connectivity index (χ1v) is 6.36. The van der Waals surface area contributed by atoms with Crippen LogP contribution in [0.1, 0.15) is 11.1 Å². The summed E-state index contributed by atoms with van der Waals surface area (Å²) in [4.78, 5) is 5.47. The number of nitrogens with zero attached hydrogens (tertiary/aromatic N) is 1. The van der Waals surface area contributed by atoms with Crippen LogP contribution in [0.5, 0.6) is 0 Å². The average Bonchev–Trinajstić information content (AvgIpc) is 2.71. The second kappa shape index (κ2) is 4.79. The summed E-state index contributed by atoms with van der Waals surface area (Å²) in [7, 11) is 0. The first kappa shape index (κ1) is 10.7. The Balaban J connectivity index is 2.30. The van der Waals surface area contributed by atoms with Gasteiger partial charge in [-0.15, -0.1) is 11.3 Å². The van der Waals surface area contributed by atoms with Gasteiger partial charge in [-0.1, -0.05) is 23.9 Å². The third kappa shape index (κ3) is 2.59. The number of hydrogen-bond donors (Lipinski definition) is 1. The maximum absolute atomic E-state index is 5.70. The van der Waals surface area contributed by atoms with E-state index < -0.39 is 0 Å². The second-order valence-electron chi connectivity index (χ2n) is 3.22. The van der Waals surface area contributed by atoms with E-state index >= 15 is 0 Å². The van der Waals surface area contributed by atoms with Gasteiger partial charge in [-0.2, -0.15) is 0 Å². The summed E-state index contributed by atoms with van der Waals surface area (Å²) in [5.74, 6) is 0. The number of thiazole rings is 1. The van der Waals surface area contributed by atoms with Crippen molar-refractivity contribution in [3.63, 3.8) is 0 Å². The Hall–Kier alpha value is -0.840. The fraction of sp³-hybridized carbons (Fsp3) is 0.182. The van der Waals surface area contributed by atoms with Crippen molar-refractivity contribution in [2.24, 2.45) is 5.73 Å². The highest BCUT2D eigenvalue weighted by atomic mass is 32.2. The van der Waals surface area contributed by atoms with Gasteiger partial charge in [0, 0.05) is 23.0 Å². The molecule has 0 radical (unpaired) electrons. The highest BCUT2D eigenvalue weighted by Crippen LogP contribution is 2.32. The highest BCUT2D eigenvalue weighted by molar-refractivity contribution is 8.01. The SMILES string of the molecule is Cc1ccc(CN)c(Sc2nccs2)c1. The van der Waals surface area contributed by atoms with Gasteiger partial charge in [-0.25, -0.2) is 4.98 Å². The Bertz CT molecular complexity index is 438. The van der Waals surface area contributed by atoms with E-state index in [-0.39, 0.29) is 0 Å². The zero-order valence-electron chi connectivity index (χ0n) is 8.43. The van der Waals surface area contributed by atoms with E-state index in [1.54, 1.807) is 23.1 Å². The minimum Gasteiger partial charge on any atom is -0.326 e. The van der Waals surface area contributed by atoms with Gasteiger partial charge in [0.15, 0.2) is 4.34 Å². The van der Waals surface area contributed by atoms with Gasteiger partial charge in [0.25, 0.3) is 0 Å². The van der Waals surface area contributed by atoms with Crippen LogP contribution in [-0.2, 0) is 6.54 Å². The number of rotatable bonds is 3. The summed E-state index contributed by atoms with van der Waals surface area (Å²) in [6, 6.07) is 6.34. The number of benzene rings is 1. The third-order valence-electron chi connectivity index (χ3n) is 2.05. The number of hydrogen-bond acceptors (Lipinski definition) is 4. The van der Waals surface area contributed by atoms with Crippen molar-refractivity contribution in [1.82, 2.24) is 4.98 Å². The van der Waals surface area contributed by atoms with E-state index in [9.17, 15) is 0 Å². The topological polar surface area (TPSA) is 38.9 Å². The van der Waals surface area contributed by atoms with Crippen LogP contribution in [0.3, 0.4) is 0 Å². The summed E-state index contributed by atoms with van der Waals surface area (Å²) in [5, 5.41) is 1.99. The Morgan fingerprint density at radius 1 is 1.47 bits per heavy atom. The Labute approximate surface area is 97.5 Å². The van der Waals surface area contributed by atoms with Crippen molar-refractivity contribution in [3.05, 3.63) is 40.9 Å². The molecule has 78 valence electrons. The molecule has 2 aromatic rings. The molecule has 0 unspecified atom stereocenters. The molecule has 0 aliphatic rings. The zero-order valence-corrected chi connectivity index (χ0v) is 10.1. The Morgan fingerprint density at radius 3 is 3.00 bits per heavy atom. The maximum Gasteiger partial charge on any atom is 0.154 e. The van der Waals surface area contributed by atoms with Crippen molar-refractivity contribution in [3.8, 4) is 0 Å². The molecule has 0 saturated carbocycles. The largest absolute Gasteiger partial charge is 0.326 e. The lowest BCUT2D eigenvalue weighted by molar-refractivity contribution is 1.02. The smallest absolute Gasteiger partial charge is 0.154 e. The van der Waals surface area contributed by atoms with Crippen molar-refractivity contribution >= 4 is 23.1 Å². The lowest BCUT2D eigenvalue weighted by Crippen LogP contribution is -1.98. The molecule has 0 atom stereocenters. The first-order chi connectivity index (χ1) is 7.29. The molecule has 1 aromatic carbocycles. The van der Waals surface area contributed by atoms with Crippen molar-refractivity contribution in [2.45, 2.75) is 22.7 Å². The number of aryl methyl sites for hydroxylation is 1. The van der Waals surface area contributed by atoms with Crippen molar-refractivity contribution < 1.29 is 0 Å². The Morgan fingerprint density at radius 2 is 2.33 bits per heavy atom. The molecule has 1 aromatic heterocycles. The lowest BCUT2D eigenvalue weighted by atomic mass is 10.1. The number of aromatic nitrogens is 1. The van der Waals surface area contributed by atoms with Crippen LogP contribution in [0.4, 0.5) is 0 Å². The minimum absolute atomic E-state index is 0.577. The predicted molar refractivity (Wildman–Crippen MR) is 65.3 cm³/mol. The molecule has 2 N–H and O–H groups in total. The normalized spacial score (nSPS) is 10.5. The van der Waals surface area contributed by atoms with E-state index in [0.717, 1.165) is 4.34 Å². The van der Waals surface area contributed by atoms with Gasteiger partial charge in [0.2, 0.25) is 0 Å². The molecule has 0 amide bonds. The number of nitrogens with two attached hydrogens (primary N) is 1. The highest BCUT2D eigenvalue weighted by Gasteiger charge is 2.05. The van der Waals surface area contributed by atoms with Gasteiger partial charge < -0.3 is 5.73 Å². The standard InChI is InChI=1S/C11H12N2S2/c1-8-2-3-9(7-12)10(6-8)15-11-13-4-5-14-11/h2-6H,7,12H2,1H3. The lowest BCUT2D eigenvalue weighted by Gasteiger charge is -2.06. The van der Waals surface area contributed by atoms with Crippen LogP contribution in [0.2, 0.25) is 0 Å².